The Bertz CT molecular complexity index is 916. The molecule has 0 amide bonds. The second kappa shape index (κ2) is 9.16. The van der Waals surface area contributed by atoms with Crippen LogP contribution in [-0.2, 0) is 23.0 Å². The van der Waals surface area contributed by atoms with Gasteiger partial charge in [0.25, 0.3) is 0 Å². The Balaban J connectivity index is 1.33. The van der Waals surface area contributed by atoms with Crippen LogP contribution in [0.1, 0.15) is 41.7 Å². The van der Waals surface area contributed by atoms with Crippen LogP contribution in [0.2, 0.25) is 0 Å². The van der Waals surface area contributed by atoms with Crippen LogP contribution in [0, 0.1) is 12.8 Å². The number of hydrogen-bond acceptors (Lipinski definition) is 5. The Labute approximate surface area is 178 Å². The van der Waals surface area contributed by atoms with Crippen molar-refractivity contribution < 1.29 is 13.2 Å². The Morgan fingerprint density at radius 3 is 2.86 bits per heavy atom. The Hall–Kier alpha value is -1.41. The second-order valence-electron chi connectivity index (χ2n) is 8.12. The summed E-state index contributed by atoms with van der Waals surface area (Å²) in [6, 6.07) is 9.14. The number of fused-ring (bicyclic) bond motifs is 1. The average Bonchev–Trinajstić information content (AvgIpc) is 3.14. The third kappa shape index (κ3) is 5.02. The predicted octanol–water partition coefficient (Wildman–Crippen LogP) is 3.96. The van der Waals surface area contributed by atoms with Crippen LogP contribution >= 0.6 is 11.3 Å². The Morgan fingerprint density at radius 2 is 2.10 bits per heavy atom. The van der Waals surface area contributed by atoms with Gasteiger partial charge in [0.15, 0.2) is 5.06 Å². The van der Waals surface area contributed by atoms with Gasteiger partial charge in [-0.2, -0.15) is 4.31 Å². The summed E-state index contributed by atoms with van der Waals surface area (Å²) in [7, 11) is -3.45. The van der Waals surface area contributed by atoms with Crippen LogP contribution in [0.5, 0.6) is 5.06 Å². The number of ether oxygens (including phenoxy) is 1. The van der Waals surface area contributed by atoms with Crippen LogP contribution in [0.25, 0.3) is 0 Å². The van der Waals surface area contributed by atoms with Crippen molar-refractivity contribution in [3.8, 4) is 5.06 Å². The number of benzene rings is 1. The summed E-state index contributed by atoms with van der Waals surface area (Å²) in [5.41, 5.74) is 2.15. The smallest absolute Gasteiger partial charge is 0.243 e. The standard InChI is InChI=1S/C22H30N2O3S2/c1-17-6-8-20(9-7-17)29(25,26)24-12-10-21-19(16-24)14-22(28-21)27-13-3-5-18-4-2-11-23-15-18/h6-9,14,18,23H,2-5,10-13,15-16H2,1H3. The minimum absolute atomic E-state index is 0.371. The number of nitrogens with zero attached hydrogens (tertiary/aromatic N) is 1. The maximum atomic E-state index is 13.0. The number of rotatable bonds is 7. The van der Waals surface area contributed by atoms with Crippen LogP contribution in [0.3, 0.4) is 0 Å². The van der Waals surface area contributed by atoms with Gasteiger partial charge in [0.1, 0.15) is 0 Å². The van der Waals surface area contributed by atoms with Crippen molar-refractivity contribution in [2.45, 2.75) is 50.5 Å². The van der Waals surface area contributed by atoms with Gasteiger partial charge >= 0.3 is 0 Å². The van der Waals surface area contributed by atoms with Crippen molar-refractivity contribution in [2.24, 2.45) is 5.92 Å². The first kappa shape index (κ1) is 20.8. The molecule has 5 nitrogen and oxygen atoms in total. The Kier molecular flexibility index (Phi) is 6.59. The van der Waals surface area contributed by atoms with Crippen molar-refractivity contribution in [1.29, 1.82) is 0 Å². The lowest BCUT2D eigenvalue weighted by Crippen LogP contribution is -2.35. The maximum Gasteiger partial charge on any atom is 0.243 e. The molecule has 0 aliphatic carbocycles. The molecule has 0 bridgehead atoms. The predicted molar refractivity (Wildman–Crippen MR) is 117 cm³/mol. The lowest BCUT2D eigenvalue weighted by atomic mass is 9.95. The molecule has 1 unspecified atom stereocenters. The lowest BCUT2D eigenvalue weighted by molar-refractivity contribution is 0.280. The highest BCUT2D eigenvalue weighted by atomic mass is 32.2. The number of thiophene rings is 1. The fourth-order valence-corrected chi connectivity index (χ4v) is 6.58. The van der Waals surface area contributed by atoms with Crippen molar-refractivity contribution in [3.05, 3.63) is 46.3 Å². The molecule has 2 aliphatic rings. The summed E-state index contributed by atoms with van der Waals surface area (Å²) in [5.74, 6) is 0.782. The van der Waals surface area contributed by atoms with Gasteiger partial charge in [-0.05, 0) is 81.8 Å². The summed E-state index contributed by atoms with van der Waals surface area (Å²) >= 11 is 1.68. The highest BCUT2D eigenvalue weighted by molar-refractivity contribution is 7.89. The van der Waals surface area contributed by atoms with E-state index >= 15 is 0 Å². The molecule has 0 radical (unpaired) electrons. The first-order chi connectivity index (χ1) is 14.0. The van der Waals surface area contributed by atoms with Gasteiger partial charge < -0.3 is 10.1 Å². The molecule has 0 spiro atoms. The highest BCUT2D eigenvalue weighted by Crippen LogP contribution is 2.35. The molecule has 0 saturated carbocycles. The molecule has 1 N–H and O–H groups in total. The fraction of sp³-hybridized carbons (Fsp3) is 0.545. The first-order valence-electron chi connectivity index (χ1n) is 10.5. The zero-order chi connectivity index (χ0) is 20.3. The molecular formula is C22H30N2O3S2. The molecule has 1 aromatic heterocycles. The second-order valence-corrected chi connectivity index (χ2v) is 11.2. The molecule has 1 aromatic carbocycles. The van der Waals surface area contributed by atoms with E-state index in [2.05, 4.69) is 5.32 Å². The minimum atomic E-state index is -3.45. The summed E-state index contributed by atoms with van der Waals surface area (Å²) in [6.07, 6.45) is 5.64. The molecule has 158 valence electrons. The van der Waals surface area contributed by atoms with Gasteiger partial charge in [-0.25, -0.2) is 8.42 Å². The van der Waals surface area contributed by atoms with E-state index in [1.54, 1.807) is 27.8 Å². The van der Waals surface area contributed by atoms with Gasteiger partial charge in [-0.3, -0.25) is 0 Å². The molecule has 7 heteroatoms. The van der Waals surface area contributed by atoms with Crippen molar-refractivity contribution >= 4 is 21.4 Å². The van der Waals surface area contributed by atoms with Crippen LogP contribution in [0.15, 0.2) is 35.2 Å². The van der Waals surface area contributed by atoms with Crippen molar-refractivity contribution in [1.82, 2.24) is 9.62 Å². The topological polar surface area (TPSA) is 58.6 Å². The third-order valence-electron chi connectivity index (χ3n) is 5.87. The van der Waals surface area contributed by atoms with Gasteiger partial charge in [0, 0.05) is 18.0 Å². The van der Waals surface area contributed by atoms with Gasteiger partial charge in [0.2, 0.25) is 10.0 Å². The summed E-state index contributed by atoms with van der Waals surface area (Å²) in [6.45, 7) is 5.95. The SMILES string of the molecule is Cc1ccc(S(=O)(=O)N2CCc3sc(OCCCC4CCCNC4)cc3C2)cc1. The number of aryl methyl sites for hydroxylation is 1. The van der Waals surface area contributed by atoms with E-state index in [0.717, 1.165) is 54.6 Å². The van der Waals surface area contributed by atoms with Crippen molar-refractivity contribution in [2.75, 3.05) is 26.2 Å². The molecule has 29 heavy (non-hydrogen) atoms. The number of piperidine rings is 1. The van der Waals surface area contributed by atoms with Crippen molar-refractivity contribution in [3.63, 3.8) is 0 Å². The molecule has 2 aliphatic heterocycles. The molecule has 3 heterocycles. The first-order valence-corrected chi connectivity index (χ1v) is 12.8. The van der Waals surface area contributed by atoms with E-state index in [-0.39, 0.29) is 0 Å². The Morgan fingerprint density at radius 1 is 1.28 bits per heavy atom. The summed E-state index contributed by atoms with van der Waals surface area (Å²) in [5, 5.41) is 4.39. The van der Waals surface area contributed by atoms with E-state index in [4.69, 9.17) is 4.74 Å². The molecule has 1 saturated heterocycles. The highest BCUT2D eigenvalue weighted by Gasteiger charge is 2.29. The monoisotopic (exact) mass is 434 g/mol. The zero-order valence-electron chi connectivity index (χ0n) is 17.0. The maximum absolute atomic E-state index is 13.0. The van der Waals surface area contributed by atoms with E-state index in [1.807, 2.05) is 25.1 Å². The van der Waals surface area contributed by atoms with Gasteiger partial charge in [-0.1, -0.05) is 17.7 Å². The number of sulfonamides is 1. The molecule has 2 aromatic rings. The zero-order valence-corrected chi connectivity index (χ0v) is 18.7. The van der Waals surface area contributed by atoms with E-state index in [1.165, 1.54) is 24.1 Å². The lowest BCUT2D eigenvalue weighted by Gasteiger charge is -2.26. The average molecular weight is 435 g/mol. The number of nitrogens with one attached hydrogen (secondary N) is 1. The van der Waals surface area contributed by atoms with Gasteiger partial charge in [0.05, 0.1) is 11.5 Å². The minimum Gasteiger partial charge on any atom is -0.484 e. The fourth-order valence-electron chi connectivity index (χ4n) is 4.13. The molecule has 1 fully saturated rings. The number of hydrogen-bond donors (Lipinski definition) is 1. The quantitative estimate of drug-likeness (QED) is 0.670. The van der Waals surface area contributed by atoms with Crippen LogP contribution in [-0.4, -0.2) is 39.0 Å². The van der Waals surface area contributed by atoms with Crippen LogP contribution < -0.4 is 10.1 Å². The van der Waals surface area contributed by atoms with Crippen LogP contribution in [0.4, 0.5) is 0 Å². The third-order valence-corrected chi connectivity index (χ3v) is 8.88. The normalized spacial score (nSPS) is 20.4. The van der Waals surface area contributed by atoms with E-state index < -0.39 is 10.0 Å². The van der Waals surface area contributed by atoms with E-state index in [9.17, 15) is 8.42 Å². The van der Waals surface area contributed by atoms with Gasteiger partial charge in [-0.15, -0.1) is 11.3 Å². The largest absolute Gasteiger partial charge is 0.484 e. The summed E-state index contributed by atoms with van der Waals surface area (Å²) in [4.78, 5) is 1.63. The van der Waals surface area contributed by atoms with E-state index in [0.29, 0.717) is 18.0 Å². The molecule has 1 atom stereocenters. The summed E-state index contributed by atoms with van der Waals surface area (Å²) < 4.78 is 33.5. The molecule has 4 rings (SSSR count). The molecular weight excluding hydrogens is 404 g/mol.